The van der Waals surface area contributed by atoms with Gasteiger partial charge in [0.05, 0.1) is 5.56 Å². The quantitative estimate of drug-likeness (QED) is 0.866. The second kappa shape index (κ2) is 7.09. The normalized spacial score (nSPS) is 19.1. The van der Waals surface area contributed by atoms with Crippen LogP contribution in [0, 0.1) is 0 Å². The number of piperidine rings is 1. The molecule has 5 heteroatoms. The Morgan fingerprint density at radius 2 is 2.30 bits per heavy atom. The number of nitrogens with one attached hydrogen (secondary N) is 1. The molecule has 1 atom stereocenters. The standard InChI is InChI=1S/C15H22BrN3O/c1-18-8-7-11-4-2-3-9-19(11)12-5-6-13(15(17)20)14(16)10-12/h5-6,10-11,18H,2-4,7-9H2,1H3,(H2,17,20). The van der Waals surface area contributed by atoms with Gasteiger partial charge in [0.15, 0.2) is 0 Å². The maximum Gasteiger partial charge on any atom is 0.249 e. The summed E-state index contributed by atoms with van der Waals surface area (Å²) in [5.74, 6) is -0.395. The van der Waals surface area contributed by atoms with Crippen LogP contribution in [-0.4, -0.2) is 32.1 Å². The summed E-state index contributed by atoms with van der Waals surface area (Å²) in [7, 11) is 1.99. The Balaban J connectivity index is 2.19. The summed E-state index contributed by atoms with van der Waals surface area (Å²) < 4.78 is 0.778. The third kappa shape index (κ3) is 3.52. The Hall–Kier alpha value is -1.07. The fraction of sp³-hybridized carbons (Fsp3) is 0.533. The second-order valence-corrected chi connectivity index (χ2v) is 6.12. The molecule has 1 aromatic rings. The Labute approximate surface area is 128 Å². The lowest BCUT2D eigenvalue weighted by molar-refractivity contribution is 0.0999. The van der Waals surface area contributed by atoms with Crippen molar-refractivity contribution in [1.82, 2.24) is 5.32 Å². The molecule has 1 aliphatic heterocycles. The number of halogens is 1. The number of nitrogens with zero attached hydrogens (tertiary/aromatic N) is 1. The van der Waals surface area contributed by atoms with Gasteiger partial charge in [-0.2, -0.15) is 0 Å². The molecule has 1 amide bonds. The topological polar surface area (TPSA) is 58.4 Å². The van der Waals surface area contributed by atoms with Gasteiger partial charge in [0.1, 0.15) is 0 Å². The van der Waals surface area contributed by atoms with Gasteiger partial charge in [-0.25, -0.2) is 0 Å². The van der Waals surface area contributed by atoms with E-state index in [9.17, 15) is 4.79 Å². The number of primary amides is 1. The lowest BCUT2D eigenvalue weighted by Gasteiger charge is -2.38. The summed E-state index contributed by atoms with van der Waals surface area (Å²) in [5.41, 5.74) is 7.05. The fourth-order valence-corrected chi connectivity index (χ4v) is 3.40. The average Bonchev–Trinajstić information content (AvgIpc) is 2.45. The largest absolute Gasteiger partial charge is 0.368 e. The van der Waals surface area contributed by atoms with E-state index in [-0.39, 0.29) is 0 Å². The van der Waals surface area contributed by atoms with E-state index in [1.807, 2.05) is 25.2 Å². The van der Waals surface area contributed by atoms with Crippen LogP contribution in [0.25, 0.3) is 0 Å². The highest BCUT2D eigenvalue weighted by molar-refractivity contribution is 9.10. The molecule has 3 N–H and O–H groups in total. The molecule has 4 nitrogen and oxygen atoms in total. The first-order valence-corrected chi connectivity index (χ1v) is 7.93. The summed E-state index contributed by atoms with van der Waals surface area (Å²) in [6.45, 7) is 2.11. The van der Waals surface area contributed by atoms with Crippen molar-refractivity contribution in [2.45, 2.75) is 31.7 Å². The van der Waals surface area contributed by atoms with Gasteiger partial charge in [-0.05, 0) is 73.4 Å². The van der Waals surface area contributed by atoms with E-state index >= 15 is 0 Å². The molecule has 110 valence electrons. The highest BCUT2D eigenvalue weighted by atomic mass is 79.9. The zero-order valence-corrected chi connectivity index (χ0v) is 13.4. The third-order valence-corrected chi connectivity index (χ3v) is 4.56. The van der Waals surface area contributed by atoms with Gasteiger partial charge in [-0.1, -0.05) is 0 Å². The summed E-state index contributed by atoms with van der Waals surface area (Å²) in [4.78, 5) is 13.7. The molecule has 1 aromatic carbocycles. The van der Waals surface area contributed by atoms with Gasteiger partial charge in [-0.15, -0.1) is 0 Å². The molecule has 0 spiro atoms. The number of benzene rings is 1. The maximum atomic E-state index is 11.3. The first-order chi connectivity index (χ1) is 9.63. The van der Waals surface area contributed by atoms with E-state index in [1.54, 1.807) is 0 Å². The van der Waals surface area contributed by atoms with Crippen LogP contribution in [0.4, 0.5) is 5.69 Å². The summed E-state index contributed by atoms with van der Waals surface area (Å²) in [5, 5.41) is 3.23. The van der Waals surface area contributed by atoms with Crippen molar-refractivity contribution in [3.63, 3.8) is 0 Å². The summed E-state index contributed by atoms with van der Waals surface area (Å²) >= 11 is 3.45. The number of carbonyl (C=O) groups excluding carboxylic acids is 1. The number of hydrogen-bond donors (Lipinski definition) is 2. The molecule has 0 saturated carbocycles. The van der Waals surface area contributed by atoms with Crippen LogP contribution in [-0.2, 0) is 0 Å². The van der Waals surface area contributed by atoms with E-state index in [1.165, 1.54) is 24.9 Å². The SMILES string of the molecule is CNCCC1CCCCN1c1ccc(C(N)=O)c(Br)c1. The van der Waals surface area contributed by atoms with Crippen LogP contribution in [0.2, 0.25) is 0 Å². The number of anilines is 1. The van der Waals surface area contributed by atoms with Gasteiger partial charge in [0.2, 0.25) is 5.91 Å². The predicted molar refractivity (Wildman–Crippen MR) is 86.2 cm³/mol. The van der Waals surface area contributed by atoms with E-state index in [4.69, 9.17) is 5.73 Å². The lowest BCUT2D eigenvalue weighted by atomic mass is 9.98. The highest BCUT2D eigenvalue weighted by Crippen LogP contribution is 2.30. The van der Waals surface area contributed by atoms with Crippen LogP contribution in [0.5, 0.6) is 0 Å². The van der Waals surface area contributed by atoms with E-state index in [2.05, 4.69) is 26.1 Å². The van der Waals surface area contributed by atoms with Crippen molar-refractivity contribution in [1.29, 1.82) is 0 Å². The summed E-state index contributed by atoms with van der Waals surface area (Å²) in [6, 6.07) is 6.40. The molecule has 0 aromatic heterocycles. The van der Waals surface area contributed by atoms with Crippen molar-refractivity contribution >= 4 is 27.5 Å². The number of amides is 1. The minimum atomic E-state index is -0.395. The highest BCUT2D eigenvalue weighted by Gasteiger charge is 2.22. The van der Waals surface area contributed by atoms with Gasteiger partial charge in [0, 0.05) is 22.7 Å². The van der Waals surface area contributed by atoms with Crippen molar-refractivity contribution in [2.24, 2.45) is 5.73 Å². The van der Waals surface area contributed by atoms with Gasteiger partial charge < -0.3 is 16.0 Å². The molecule has 1 saturated heterocycles. The molecule has 0 bridgehead atoms. The number of nitrogens with two attached hydrogens (primary N) is 1. The zero-order chi connectivity index (χ0) is 14.5. The van der Waals surface area contributed by atoms with Crippen molar-refractivity contribution in [3.05, 3.63) is 28.2 Å². The number of hydrogen-bond acceptors (Lipinski definition) is 3. The van der Waals surface area contributed by atoms with Crippen LogP contribution >= 0.6 is 15.9 Å². The third-order valence-electron chi connectivity index (χ3n) is 3.90. The van der Waals surface area contributed by atoms with Crippen molar-refractivity contribution in [3.8, 4) is 0 Å². The van der Waals surface area contributed by atoms with Crippen molar-refractivity contribution in [2.75, 3.05) is 25.0 Å². The van der Waals surface area contributed by atoms with Crippen LogP contribution in [0.1, 0.15) is 36.0 Å². The first kappa shape index (κ1) is 15.3. The average molecular weight is 340 g/mol. The Morgan fingerprint density at radius 3 is 2.95 bits per heavy atom. The van der Waals surface area contributed by atoms with Gasteiger partial charge in [-0.3, -0.25) is 4.79 Å². The lowest BCUT2D eigenvalue weighted by Crippen LogP contribution is -2.41. The Bertz CT molecular complexity index is 478. The van der Waals surface area contributed by atoms with E-state index in [0.717, 1.165) is 24.0 Å². The van der Waals surface area contributed by atoms with Gasteiger partial charge >= 0.3 is 0 Å². The first-order valence-electron chi connectivity index (χ1n) is 7.14. The molecule has 1 unspecified atom stereocenters. The number of rotatable bonds is 5. The van der Waals surface area contributed by atoms with Crippen LogP contribution in [0.3, 0.4) is 0 Å². The minimum absolute atomic E-state index is 0.395. The minimum Gasteiger partial charge on any atom is -0.368 e. The molecular weight excluding hydrogens is 318 g/mol. The molecule has 20 heavy (non-hydrogen) atoms. The monoisotopic (exact) mass is 339 g/mol. The Morgan fingerprint density at radius 1 is 1.50 bits per heavy atom. The molecule has 0 radical (unpaired) electrons. The number of carbonyl (C=O) groups is 1. The molecule has 1 aliphatic rings. The molecule has 1 heterocycles. The Kier molecular flexibility index (Phi) is 5.43. The van der Waals surface area contributed by atoms with Crippen LogP contribution < -0.4 is 16.0 Å². The van der Waals surface area contributed by atoms with Crippen LogP contribution in [0.15, 0.2) is 22.7 Å². The van der Waals surface area contributed by atoms with E-state index < -0.39 is 5.91 Å². The molecule has 1 fully saturated rings. The van der Waals surface area contributed by atoms with E-state index in [0.29, 0.717) is 11.6 Å². The molecular formula is C15H22BrN3O. The summed E-state index contributed by atoms with van der Waals surface area (Å²) in [6.07, 6.45) is 4.90. The van der Waals surface area contributed by atoms with Gasteiger partial charge in [0.25, 0.3) is 0 Å². The van der Waals surface area contributed by atoms with Crippen molar-refractivity contribution < 1.29 is 4.79 Å². The predicted octanol–water partition coefficient (Wildman–Crippen LogP) is 2.52. The second-order valence-electron chi connectivity index (χ2n) is 5.26. The maximum absolute atomic E-state index is 11.3. The molecule has 0 aliphatic carbocycles. The smallest absolute Gasteiger partial charge is 0.249 e. The zero-order valence-electron chi connectivity index (χ0n) is 11.9. The fourth-order valence-electron chi connectivity index (χ4n) is 2.83. The molecule has 2 rings (SSSR count).